The van der Waals surface area contributed by atoms with Gasteiger partial charge in [0.15, 0.2) is 0 Å². The van der Waals surface area contributed by atoms with Crippen LogP contribution >= 0.6 is 0 Å². The molecule has 2 aromatic rings. The molecule has 0 atom stereocenters. The lowest BCUT2D eigenvalue weighted by atomic mass is 10.1. The van der Waals surface area contributed by atoms with Crippen LogP contribution in [-0.4, -0.2) is 5.11 Å². The first-order valence-electron chi connectivity index (χ1n) is 6.52. The van der Waals surface area contributed by atoms with Crippen molar-refractivity contribution in [1.29, 1.82) is 0 Å². The van der Waals surface area contributed by atoms with Crippen molar-refractivity contribution < 1.29 is 5.11 Å². The molecule has 0 bridgehead atoms. The third-order valence-electron chi connectivity index (χ3n) is 2.78. The Morgan fingerprint density at radius 2 is 1.50 bits per heavy atom. The van der Waals surface area contributed by atoms with Crippen molar-refractivity contribution in [2.24, 2.45) is 0 Å². The van der Waals surface area contributed by atoms with Crippen molar-refractivity contribution in [3.8, 4) is 5.75 Å². The number of hydrogen-bond donors (Lipinski definition) is 1. The maximum Gasteiger partial charge on any atom is 0.118 e. The van der Waals surface area contributed by atoms with Crippen LogP contribution < -0.4 is 0 Å². The van der Waals surface area contributed by atoms with Crippen LogP contribution in [0, 0.1) is 6.92 Å². The minimum atomic E-state index is 0.368. The van der Waals surface area contributed by atoms with Crippen LogP contribution in [0.15, 0.2) is 54.6 Å². The Morgan fingerprint density at radius 3 is 2.00 bits per heavy atom. The highest BCUT2D eigenvalue weighted by Gasteiger charge is 1.87. The van der Waals surface area contributed by atoms with Gasteiger partial charge >= 0.3 is 0 Å². The van der Waals surface area contributed by atoms with E-state index in [0.29, 0.717) is 5.75 Å². The molecular weight excluding hydrogens is 220 g/mol. The van der Waals surface area contributed by atoms with Crippen LogP contribution in [0.2, 0.25) is 0 Å². The molecule has 0 saturated carbocycles. The normalized spacial score (nSPS) is 9.44. The van der Waals surface area contributed by atoms with E-state index in [1.165, 1.54) is 24.8 Å². The summed E-state index contributed by atoms with van der Waals surface area (Å²) in [4.78, 5) is 0. The lowest BCUT2D eigenvalue weighted by molar-refractivity contribution is 0.471. The van der Waals surface area contributed by atoms with Crippen LogP contribution in [-0.2, 0) is 6.42 Å². The first-order chi connectivity index (χ1) is 8.74. The highest BCUT2D eigenvalue weighted by Crippen LogP contribution is 2.12. The molecule has 0 unspecified atom stereocenters. The predicted octanol–water partition coefficient (Wildman–Crippen LogP) is 4.73. The molecule has 2 aromatic carbocycles. The third-order valence-corrected chi connectivity index (χ3v) is 2.78. The first-order valence-corrected chi connectivity index (χ1v) is 6.52. The summed E-state index contributed by atoms with van der Waals surface area (Å²) in [6.07, 6.45) is 3.83. The quantitative estimate of drug-likeness (QED) is 0.825. The molecule has 96 valence electrons. The van der Waals surface area contributed by atoms with Gasteiger partial charge in [-0.05, 0) is 37.0 Å². The van der Waals surface area contributed by atoms with Crippen LogP contribution in [0.4, 0.5) is 0 Å². The number of rotatable bonds is 3. The molecule has 0 saturated heterocycles. The van der Waals surface area contributed by atoms with E-state index in [9.17, 15) is 0 Å². The fraction of sp³-hybridized carbons (Fsp3) is 0.294. The third kappa shape index (κ3) is 5.53. The van der Waals surface area contributed by atoms with Crippen molar-refractivity contribution in [2.45, 2.75) is 33.1 Å². The second-order valence-corrected chi connectivity index (χ2v) is 4.38. The van der Waals surface area contributed by atoms with Gasteiger partial charge in [0.2, 0.25) is 0 Å². The van der Waals surface area contributed by atoms with Gasteiger partial charge in [-0.3, -0.25) is 0 Å². The summed E-state index contributed by atoms with van der Waals surface area (Å²) in [6, 6.07) is 17.9. The van der Waals surface area contributed by atoms with Crippen molar-refractivity contribution in [3.05, 3.63) is 65.7 Å². The molecule has 0 amide bonds. The van der Waals surface area contributed by atoms with Gasteiger partial charge < -0.3 is 5.11 Å². The van der Waals surface area contributed by atoms with Crippen molar-refractivity contribution in [1.82, 2.24) is 0 Å². The van der Waals surface area contributed by atoms with Crippen LogP contribution in [0.3, 0.4) is 0 Å². The van der Waals surface area contributed by atoms with E-state index < -0.39 is 0 Å². The number of phenolic OH excluding ortho intramolecular Hbond substituents is 1. The van der Waals surface area contributed by atoms with Crippen LogP contribution in [0.1, 0.15) is 30.9 Å². The molecule has 0 fully saturated rings. The molecule has 0 aliphatic heterocycles. The highest BCUT2D eigenvalue weighted by molar-refractivity contribution is 5.29. The summed E-state index contributed by atoms with van der Waals surface area (Å²) in [6.45, 7) is 4.10. The van der Waals surface area contributed by atoms with E-state index in [0.717, 1.165) is 5.56 Å². The van der Waals surface area contributed by atoms with Crippen LogP contribution in [0.5, 0.6) is 5.75 Å². The Bertz CT molecular complexity index is 413. The second-order valence-electron chi connectivity index (χ2n) is 4.38. The van der Waals surface area contributed by atoms with Gasteiger partial charge in [-0.25, -0.2) is 0 Å². The summed E-state index contributed by atoms with van der Waals surface area (Å²) in [5, 5.41) is 8.92. The fourth-order valence-corrected chi connectivity index (χ4v) is 1.59. The van der Waals surface area contributed by atoms with E-state index in [-0.39, 0.29) is 0 Å². The average molecular weight is 242 g/mol. The topological polar surface area (TPSA) is 20.2 Å². The fourth-order valence-electron chi connectivity index (χ4n) is 1.59. The average Bonchev–Trinajstić information content (AvgIpc) is 2.42. The summed E-state index contributed by atoms with van der Waals surface area (Å²) < 4.78 is 0. The standard InChI is InChI=1S/C10H14.C7H8O/c1-2-3-7-10-8-5-4-6-9-10;1-6-4-2-3-5-7(6)8/h4-6,8-9H,2-3,7H2,1H3;2-5,8H,1H3. The van der Waals surface area contributed by atoms with Gasteiger partial charge in [-0.2, -0.15) is 0 Å². The molecule has 0 aliphatic carbocycles. The highest BCUT2D eigenvalue weighted by atomic mass is 16.3. The maximum atomic E-state index is 8.92. The summed E-state index contributed by atoms with van der Waals surface area (Å²) >= 11 is 0. The second kappa shape index (κ2) is 8.35. The SMILES string of the molecule is CCCCc1ccccc1.Cc1ccccc1O. The molecule has 1 heteroatoms. The van der Waals surface area contributed by atoms with E-state index >= 15 is 0 Å². The van der Waals surface area contributed by atoms with Crippen LogP contribution in [0.25, 0.3) is 0 Å². The van der Waals surface area contributed by atoms with E-state index in [2.05, 4.69) is 37.3 Å². The molecule has 0 radical (unpaired) electrons. The smallest absolute Gasteiger partial charge is 0.118 e. The number of benzene rings is 2. The van der Waals surface area contributed by atoms with Gasteiger partial charge in [0.25, 0.3) is 0 Å². The summed E-state index contributed by atoms with van der Waals surface area (Å²) in [7, 11) is 0. The molecule has 18 heavy (non-hydrogen) atoms. The first kappa shape index (κ1) is 14.3. The molecule has 1 N–H and O–H groups in total. The van der Waals surface area contributed by atoms with E-state index in [1.54, 1.807) is 6.07 Å². The van der Waals surface area contributed by atoms with Gasteiger partial charge in [0.1, 0.15) is 5.75 Å². The zero-order valence-corrected chi connectivity index (χ0v) is 11.3. The van der Waals surface area contributed by atoms with Gasteiger partial charge in [0.05, 0.1) is 0 Å². The van der Waals surface area contributed by atoms with Gasteiger partial charge in [0, 0.05) is 0 Å². The van der Waals surface area contributed by atoms with Crippen molar-refractivity contribution in [3.63, 3.8) is 0 Å². The minimum Gasteiger partial charge on any atom is -0.508 e. The van der Waals surface area contributed by atoms with E-state index in [1.807, 2.05) is 25.1 Å². The molecular formula is C17H22O. The number of hydrogen-bond acceptors (Lipinski definition) is 1. The number of para-hydroxylation sites is 1. The van der Waals surface area contributed by atoms with Crippen molar-refractivity contribution >= 4 is 0 Å². The lowest BCUT2D eigenvalue weighted by Gasteiger charge is -1.96. The number of unbranched alkanes of at least 4 members (excludes halogenated alkanes) is 1. The Balaban J connectivity index is 0.000000184. The molecule has 0 aromatic heterocycles. The lowest BCUT2D eigenvalue weighted by Crippen LogP contribution is -1.81. The van der Waals surface area contributed by atoms with Crippen molar-refractivity contribution in [2.75, 3.05) is 0 Å². The largest absolute Gasteiger partial charge is 0.508 e. The molecule has 0 spiro atoms. The number of phenols is 1. The number of aromatic hydroxyl groups is 1. The maximum absolute atomic E-state index is 8.92. The summed E-state index contributed by atoms with van der Waals surface area (Å²) in [5.41, 5.74) is 2.39. The summed E-state index contributed by atoms with van der Waals surface area (Å²) in [5.74, 6) is 0.368. The Kier molecular flexibility index (Phi) is 6.63. The Labute approximate surface area is 110 Å². The van der Waals surface area contributed by atoms with Gasteiger partial charge in [-0.15, -0.1) is 0 Å². The van der Waals surface area contributed by atoms with E-state index in [4.69, 9.17) is 5.11 Å². The molecule has 1 nitrogen and oxygen atoms in total. The molecule has 2 rings (SSSR count). The Morgan fingerprint density at radius 1 is 0.889 bits per heavy atom. The number of aryl methyl sites for hydroxylation is 2. The zero-order valence-electron chi connectivity index (χ0n) is 11.3. The minimum absolute atomic E-state index is 0.368. The monoisotopic (exact) mass is 242 g/mol. The molecule has 0 aliphatic rings. The van der Waals surface area contributed by atoms with Gasteiger partial charge in [-0.1, -0.05) is 61.9 Å². The molecule has 0 heterocycles. The predicted molar refractivity (Wildman–Crippen MR) is 77.9 cm³/mol. The Hall–Kier alpha value is -1.76. The zero-order chi connectivity index (χ0) is 13.2.